The van der Waals surface area contributed by atoms with Crippen LogP contribution in [0.25, 0.3) is 0 Å². The van der Waals surface area contributed by atoms with E-state index in [1.54, 1.807) is 12.1 Å². The van der Waals surface area contributed by atoms with Crippen LogP contribution in [-0.4, -0.2) is 28.2 Å². The number of benzene rings is 1. The Hall–Kier alpha value is -2.24. The second-order valence-corrected chi connectivity index (χ2v) is 7.88. The Bertz CT molecular complexity index is 717. The van der Waals surface area contributed by atoms with Crippen LogP contribution in [0.2, 0.25) is 0 Å². The predicted molar refractivity (Wildman–Crippen MR) is 92.9 cm³/mol. The van der Waals surface area contributed by atoms with E-state index in [2.05, 4.69) is 13.8 Å². The van der Waals surface area contributed by atoms with Gasteiger partial charge in [-0.15, -0.1) is 0 Å². The molecule has 134 valence electrons. The van der Waals surface area contributed by atoms with Crippen molar-refractivity contribution < 1.29 is 14.5 Å². The summed E-state index contributed by atoms with van der Waals surface area (Å²) in [6, 6.07) is 6.24. The van der Waals surface area contributed by atoms with Crippen molar-refractivity contribution in [2.45, 2.75) is 51.9 Å². The lowest BCUT2D eigenvalue weighted by Crippen LogP contribution is -2.71. The number of hydrogen-bond acceptors (Lipinski definition) is 4. The highest BCUT2D eigenvalue weighted by atomic mass is 16.6. The van der Waals surface area contributed by atoms with Crippen LogP contribution in [-0.2, 0) is 15.0 Å². The third kappa shape index (κ3) is 2.55. The van der Waals surface area contributed by atoms with Gasteiger partial charge in [-0.25, -0.2) is 0 Å². The van der Waals surface area contributed by atoms with E-state index in [-0.39, 0.29) is 17.5 Å². The van der Waals surface area contributed by atoms with Gasteiger partial charge < -0.3 is 0 Å². The number of nitro benzene ring substituents is 1. The lowest BCUT2D eigenvalue weighted by atomic mass is 9.45. The molecule has 1 aromatic rings. The van der Waals surface area contributed by atoms with Gasteiger partial charge in [0.1, 0.15) is 0 Å². The third-order valence-corrected chi connectivity index (χ3v) is 5.51. The number of fused-ring (bicyclic) bond motifs is 2. The highest BCUT2D eigenvalue weighted by Gasteiger charge is 2.69. The molecule has 3 fully saturated rings. The van der Waals surface area contributed by atoms with Gasteiger partial charge in [0, 0.05) is 18.7 Å². The standard InChI is InChI=1S/C19H24N2O4/c1-4-9-20-16(22)18(10-13(2)3)11-19(12-18,17(20)23)14-5-7-15(8-6-14)21(24)25/h5-8,13H,4,9-12H2,1-3H3. The summed E-state index contributed by atoms with van der Waals surface area (Å²) < 4.78 is 0. The maximum atomic E-state index is 13.1. The Morgan fingerprint density at radius 3 is 2.24 bits per heavy atom. The second kappa shape index (κ2) is 5.93. The predicted octanol–water partition coefficient (Wildman–Crippen LogP) is 3.44. The van der Waals surface area contributed by atoms with Crippen molar-refractivity contribution in [1.82, 2.24) is 4.90 Å². The second-order valence-electron chi connectivity index (χ2n) is 7.88. The van der Waals surface area contributed by atoms with Crippen LogP contribution in [0.3, 0.4) is 0 Å². The summed E-state index contributed by atoms with van der Waals surface area (Å²) in [5, 5.41) is 10.9. The summed E-state index contributed by atoms with van der Waals surface area (Å²) >= 11 is 0. The number of piperidine rings is 2. The van der Waals surface area contributed by atoms with Crippen molar-refractivity contribution in [2.75, 3.05) is 6.54 Å². The fraction of sp³-hybridized carbons (Fsp3) is 0.579. The average Bonchev–Trinajstić information content (AvgIpc) is 2.53. The van der Waals surface area contributed by atoms with Gasteiger partial charge in [0.05, 0.1) is 15.8 Å². The van der Waals surface area contributed by atoms with Crippen molar-refractivity contribution in [2.24, 2.45) is 11.3 Å². The van der Waals surface area contributed by atoms with Crippen molar-refractivity contribution in [3.05, 3.63) is 39.9 Å². The van der Waals surface area contributed by atoms with E-state index < -0.39 is 15.8 Å². The minimum atomic E-state index is -0.701. The average molecular weight is 344 g/mol. The zero-order valence-corrected chi connectivity index (χ0v) is 14.9. The molecule has 2 heterocycles. The SMILES string of the molecule is CCCN1C(=O)C2(CC(C)C)CC(c3ccc([N+](=O)[O-])cc3)(C2)C1=O. The molecule has 1 aliphatic carbocycles. The van der Waals surface area contributed by atoms with Gasteiger partial charge in [0.15, 0.2) is 0 Å². The Balaban J connectivity index is 1.99. The highest BCUT2D eigenvalue weighted by molar-refractivity contribution is 6.09. The van der Waals surface area contributed by atoms with Gasteiger partial charge in [-0.3, -0.25) is 24.6 Å². The van der Waals surface area contributed by atoms with Gasteiger partial charge in [0.25, 0.3) is 5.69 Å². The smallest absolute Gasteiger partial charge is 0.269 e. The third-order valence-electron chi connectivity index (χ3n) is 5.51. The van der Waals surface area contributed by atoms with E-state index in [1.165, 1.54) is 17.0 Å². The van der Waals surface area contributed by atoms with Crippen LogP contribution in [0.4, 0.5) is 5.69 Å². The monoisotopic (exact) mass is 344 g/mol. The molecule has 6 heteroatoms. The number of amides is 2. The Morgan fingerprint density at radius 1 is 1.16 bits per heavy atom. The molecule has 2 saturated heterocycles. The van der Waals surface area contributed by atoms with Gasteiger partial charge in [-0.05, 0) is 37.2 Å². The molecule has 4 rings (SSSR count). The van der Waals surface area contributed by atoms with E-state index in [1.807, 2.05) is 6.92 Å². The first-order valence-corrected chi connectivity index (χ1v) is 8.87. The Labute approximate surface area is 147 Å². The summed E-state index contributed by atoms with van der Waals surface area (Å²) in [4.78, 5) is 37.9. The molecule has 0 atom stereocenters. The van der Waals surface area contributed by atoms with Crippen molar-refractivity contribution in [3.8, 4) is 0 Å². The van der Waals surface area contributed by atoms with Crippen LogP contribution in [0.15, 0.2) is 24.3 Å². The zero-order valence-electron chi connectivity index (χ0n) is 14.9. The molecule has 0 aromatic heterocycles. The molecule has 1 saturated carbocycles. The molecule has 2 amide bonds. The normalized spacial score (nSPS) is 28.2. The Morgan fingerprint density at radius 2 is 1.76 bits per heavy atom. The van der Waals surface area contributed by atoms with E-state index in [9.17, 15) is 19.7 Å². The van der Waals surface area contributed by atoms with Crippen LogP contribution in [0.5, 0.6) is 0 Å². The van der Waals surface area contributed by atoms with Gasteiger partial charge in [-0.2, -0.15) is 0 Å². The van der Waals surface area contributed by atoms with E-state index in [0.29, 0.717) is 25.3 Å². The number of nitrogens with zero attached hydrogens (tertiary/aromatic N) is 2. The molecule has 0 radical (unpaired) electrons. The first-order valence-electron chi connectivity index (χ1n) is 8.87. The summed E-state index contributed by atoms with van der Waals surface area (Å²) in [6.07, 6.45) is 2.54. The maximum Gasteiger partial charge on any atom is 0.269 e. The summed E-state index contributed by atoms with van der Waals surface area (Å²) in [7, 11) is 0. The maximum absolute atomic E-state index is 13.1. The molecule has 2 bridgehead atoms. The molecule has 0 unspecified atom stereocenters. The number of imide groups is 1. The molecule has 25 heavy (non-hydrogen) atoms. The lowest BCUT2D eigenvalue weighted by Gasteiger charge is -2.61. The fourth-order valence-corrected chi connectivity index (χ4v) is 4.71. The topological polar surface area (TPSA) is 80.5 Å². The first-order chi connectivity index (χ1) is 11.8. The number of hydrogen-bond donors (Lipinski definition) is 0. The van der Waals surface area contributed by atoms with Crippen molar-refractivity contribution in [3.63, 3.8) is 0 Å². The van der Waals surface area contributed by atoms with Crippen LogP contribution in [0.1, 0.15) is 52.0 Å². The molecule has 0 N–H and O–H groups in total. The quantitative estimate of drug-likeness (QED) is 0.450. The summed E-state index contributed by atoms with van der Waals surface area (Å²) in [6.45, 7) is 6.57. The van der Waals surface area contributed by atoms with Crippen LogP contribution < -0.4 is 0 Å². The van der Waals surface area contributed by atoms with E-state index >= 15 is 0 Å². The van der Waals surface area contributed by atoms with E-state index in [0.717, 1.165) is 18.4 Å². The van der Waals surface area contributed by atoms with Gasteiger partial charge in [-0.1, -0.05) is 32.9 Å². The molecular weight excluding hydrogens is 320 g/mol. The molecule has 3 aliphatic rings. The Kier molecular flexibility index (Phi) is 4.17. The zero-order chi connectivity index (χ0) is 18.4. The molecule has 6 nitrogen and oxygen atoms in total. The number of carbonyl (C=O) groups excluding carboxylic acids is 2. The lowest BCUT2D eigenvalue weighted by molar-refractivity contribution is -0.384. The highest BCUT2D eigenvalue weighted by Crippen LogP contribution is 2.63. The number of rotatable bonds is 6. The summed E-state index contributed by atoms with van der Waals surface area (Å²) in [5.74, 6) is 0.200. The van der Waals surface area contributed by atoms with Crippen LogP contribution >= 0.6 is 0 Å². The van der Waals surface area contributed by atoms with Gasteiger partial charge in [0.2, 0.25) is 11.8 Å². The largest absolute Gasteiger partial charge is 0.281 e. The summed E-state index contributed by atoms with van der Waals surface area (Å²) in [5.41, 5.74) is -0.361. The van der Waals surface area contributed by atoms with Crippen molar-refractivity contribution in [1.29, 1.82) is 0 Å². The minimum absolute atomic E-state index is 0.0117. The number of carbonyl (C=O) groups is 2. The molecule has 0 spiro atoms. The first kappa shape index (κ1) is 17.6. The molecular formula is C19H24N2O4. The van der Waals surface area contributed by atoms with E-state index in [4.69, 9.17) is 0 Å². The molecule has 2 aliphatic heterocycles. The minimum Gasteiger partial charge on any atom is -0.281 e. The fourth-order valence-electron chi connectivity index (χ4n) is 4.71. The molecule has 1 aromatic carbocycles. The van der Waals surface area contributed by atoms with Crippen LogP contribution in [0, 0.1) is 21.4 Å². The van der Waals surface area contributed by atoms with Crippen molar-refractivity contribution >= 4 is 17.5 Å². The number of nitro groups is 1. The van der Waals surface area contributed by atoms with Gasteiger partial charge >= 0.3 is 0 Å². The number of non-ortho nitro benzene ring substituents is 1.